The number of amides is 1. The number of aromatic nitrogens is 4. The first-order valence-corrected chi connectivity index (χ1v) is 9.14. The lowest BCUT2D eigenvalue weighted by molar-refractivity contribution is 0.102. The molecule has 7 heteroatoms. The monoisotopic (exact) mass is 383 g/mol. The number of pyridine rings is 1. The molecule has 7 nitrogen and oxygen atoms in total. The van der Waals surface area contributed by atoms with Crippen LogP contribution in [0.4, 0.5) is 5.69 Å². The maximum absolute atomic E-state index is 12.5. The van der Waals surface area contributed by atoms with Gasteiger partial charge in [0.05, 0.1) is 17.4 Å². The van der Waals surface area contributed by atoms with E-state index >= 15 is 0 Å². The number of nitrogens with one attached hydrogen (secondary N) is 2. The molecule has 0 radical (unpaired) electrons. The van der Waals surface area contributed by atoms with Gasteiger partial charge in [-0.1, -0.05) is 6.07 Å². The molecule has 3 aromatic heterocycles. The van der Waals surface area contributed by atoms with Crippen LogP contribution < -0.4 is 10.1 Å². The minimum absolute atomic E-state index is 0.181. The van der Waals surface area contributed by atoms with Gasteiger partial charge >= 0.3 is 0 Å². The average Bonchev–Trinajstić information content (AvgIpc) is 3.38. The van der Waals surface area contributed by atoms with Crippen LogP contribution in [0.2, 0.25) is 0 Å². The lowest BCUT2D eigenvalue weighted by Crippen LogP contribution is -2.11. The number of benzene rings is 2. The first-order valence-electron chi connectivity index (χ1n) is 9.14. The molecule has 2 N–H and O–H groups in total. The van der Waals surface area contributed by atoms with Crippen LogP contribution in [0.15, 0.2) is 79.3 Å². The molecule has 1 amide bonds. The number of nitrogens with zero attached hydrogens (tertiary/aromatic N) is 3. The summed E-state index contributed by atoms with van der Waals surface area (Å²) in [5.41, 5.74) is 3.92. The normalized spacial score (nSPS) is 11.0. The van der Waals surface area contributed by atoms with Gasteiger partial charge in [0.25, 0.3) is 5.91 Å². The first-order chi connectivity index (χ1) is 14.2. The van der Waals surface area contributed by atoms with E-state index in [0.29, 0.717) is 17.9 Å². The van der Waals surface area contributed by atoms with Gasteiger partial charge in [-0.05, 0) is 54.6 Å². The van der Waals surface area contributed by atoms with Crippen LogP contribution >= 0.6 is 0 Å². The standard InChI is InChI=1S/C22H17N5O2/c28-22(25-17-6-9-20-16(11-17)12-23-26-20)15-4-7-19(8-5-15)29-14-18-13-27-10-2-1-3-21(27)24-18/h1-13H,14H2,(H,23,26)(H,25,28). The van der Waals surface area contributed by atoms with Crippen molar-refractivity contribution in [3.8, 4) is 5.75 Å². The number of hydrogen-bond donors (Lipinski definition) is 2. The minimum Gasteiger partial charge on any atom is -0.487 e. The van der Waals surface area contributed by atoms with Crippen LogP contribution in [0.25, 0.3) is 16.6 Å². The zero-order valence-corrected chi connectivity index (χ0v) is 15.4. The SMILES string of the molecule is O=C(Nc1ccc2[nH]ncc2c1)c1ccc(OCc2cn3ccccc3n2)cc1. The maximum Gasteiger partial charge on any atom is 0.255 e. The van der Waals surface area contributed by atoms with Crippen molar-refractivity contribution in [1.82, 2.24) is 19.6 Å². The van der Waals surface area contributed by atoms with Crippen molar-refractivity contribution in [2.24, 2.45) is 0 Å². The highest BCUT2D eigenvalue weighted by molar-refractivity contribution is 6.05. The van der Waals surface area contributed by atoms with Gasteiger partial charge < -0.3 is 14.5 Å². The molecular weight excluding hydrogens is 366 g/mol. The molecule has 0 aliphatic heterocycles. The smallest absolute Gasteiger partial charge is 0.255 e. The number of H-pyrrole nitrogens is 1. The van der Waals surface area contributed by atoms with E-state index in [1.54, 1.807) is 30.5 Å². The van der Waals surface area contributed by atoms with Gasteiger partial charge in [-0.2, -0.15) is 5.10 Å². The number of fused-ring (bicyclic) bond motifs is 2. The van der Waals surface area contributed by atoms with Crippen molar-refractivity contribution in [2.75, 3.05) is 5.32 Å². The number of rotatable bonds is 5. The summed E-state index contributed by atoms with van der Waals surface area (Å²) >= 11 is 0. The van der Waals surface area contributed by atoms with E-state index in [1.807, 2.05) is 53.2 Å². The molecule has 0 spiro atoms. The van der Waals surface area contributed by atoms with E-state index < -0.39 is 0 Å². The maximum atomic E-state index is 12.5. The van der Waals surface area contributed by atoms with Crippen molar-refractivity contribution in [3.63, 3.8) is 0 Å². The summed E-state index contributed by atoms with van der Waals surface area (Å²) in [6.45, 7) is 0.359. The van der Waals surface area contributed by atoms with E-state index in [0.717, 1.165) is 27.9 Å². The summed E-state index contributed by atoms with van der Waals surface area (Å²) in [5.74, 6) is 0.498. The lowest BCUT2D eigenvalue weighted by atomic mass is 10.2. The van der Waals surface area contributed by atoms with E-state index in [9.17, 15) is 4.79 Å². The largest absolute Gasteiger partial charge is 0.487 e. The van der Waals surface area contributed by atoms with E-state index in [4.69, 9.17) is 4.74 Å². The molecule has 0 fully saturated rings. The van der Waals surface area contributed by atoms with Crippen molar-refractivity contribution in [1.29, 1.82) is 0 Å². The molecule has 5 aromatic rings. The number of ether oxygens (including phenoxy) is 1. The third-order valence-corrected chi connectivity index (χ3v) is 4.62. The quantitative estimate of drug-likeness (QED) is 0.480. The fourth-order valence-corrected chi connectivity index (χ4v) is 3.14. The summed E-state index contributed by atoms with van der Waals surface area (Å²) in [5, 5.41) is 10.7. The van der Waals surface area contributed by atoms with Gasteiger partial charge in [-0.15, -0.1) is 0 Å². The Bertz CT molecular complexity index is 1270. The number of carbonyl (C=O) groups is 1. The van der Waals surface area contributed by atoms with Gasteiger partial charge in [0, 0.05) is 29.0 Å². The van der Waals surface area contributed by atoms with Gasteiger partial charge in [-0.3, -0.25) is 9.89 Å². The van der Waals surface area contributed by atoms with E-state index in [1.165, 1.54) is 0 Å². The number of imidazole rings is 1. The second-order valence-corrected chi connectivity index (χ2v) is 6.64. The molecule has 0 bridgehead atoms. The van der Waals surface area contributed by atoms with Crippen molar-refractivity contribution >= 4 is 28.1 Å². The number of anilines is 1. The number of hydrogen-bond acceptors (Lipinski definition) is 4. The molecule has 0 aliphatic rings. The van der Waals surface area contributed by atoms with Gasteiger partial charge in [0.1, 0.15) is 18.0 Å². The van der Waals surface area contributed by atoms with Crippen LogP contribution in [0, 0.1) is 0 Å². The second kappa shape index (κ2) is 7.12. The Kier molecular flexibility index (Phi) is 4.18. The molecule has 142 valence electrons. The van der Waals surface area contributed by atoms with E-state index in [2.05, 4.69) is 20.5 Å². The molecule has 5 rings (SSSR count). The van der Waals surface area contributed by atoms with Crippen LogP contribution in [0.5, 0.6) is 5.75 Å². The summed E-state index contributed by atoms with van der Waals surface area (Å²) in [7, 11) is 0. The first kappa shape index (κ1) is 17.0. The Morgan fingerprint density at radius 3 is 2.86 bits per heavy atom. The third kappa shape index (κ3) is 3.53. The lowest BCUT2D eigenvalue weighted by Gasteiger charge is -2.07. The minimum atomic E-state index is -0.181. The van der Waals surface area contributed by atoms with E-state index in [-0.39, 0.29) is 5.91 Å². The molecule has 2 aromatic carbocycles. The zero-order chi connectivity index (χ0) is 19.6. The van der Waals surface area contributed by atoms with Gasteiger partial charge in [0.15, 0.2) is 0 Å². The zero-order valence-electron chi connectivity index (χ0n) is 15.4. The molecule has 0 unspecified atom stereocenters. The molecule has 0 atom stereocenters. The number of aromatic amines is 1. The highest BCUT2D eigenvalue weighted by Gasteiger charge is 2.08. The number of carbonyl (C=O) groups excluding carboxylic acids is 1. The Labute approximate surface area is 166 Å². The van der Waals surface area contributed by atoms with Crippen LogP contribution in [0.1, 0.15) is 16.1 Å². The van der Waals surface area contributed by atoms with Crippen LogP contribution in [0.3, 0.4) is 0 Å². The predicted octanol–water partition coefficient (Wildman–Crippen LogP) is 4.04. The van der Waals surface area contributed by atoms with Crippen LogP contribution in [-0.4, -0.2) is 25.5 Å². The van der Waals surface area contributed by atoms with Gasteiger partial charge in [0.2, 0.25) is 0 Å². The van der Waals surface area contributed by atoms with Crippen molar-refractivity contribution < 1.29 is 9.53 Å². The Hall–Kier alpha value is -4.13. The topological polar surface area (TPSA) is 84.3 Å². The average molecular weight is 383 g/mol. The molecule has 29 heavy (non-hydrogen) atoms. The highest BCUT2D eigenvalue weighted by Crippen LogP contribution is 2.19. The second-order valence-electron chi connectivity index (χ2n) is 6.64. The highest BCUT2D eigenvalue weighted by atomic mass is 16.5. The van der Waals surface area contributed by atoms with Crippen molar-refractivity contribution in [3.05, 3.63) is 90.5 Å². The molecule has 0 saturated heterocycles. The van der Waals surface area contributed by atoms with Gasteiger partial charge in [-0.25, -0.2) is 4.98 Å². The van der Waals surface area contributed by atoms with Crippen LogP contribution in [-0.2, 0) is 6.61 Å². The summed E-state index contributed by atoms with van der Waals surface area (Å²) in [6.07, 6.45) is 5.61. The third-order valence-electron chi connectivity index (χ3n) is 4.62. The fraction of sp³-hybridized carbons (Fsp3) is 0.0455. The Morgan fingerprint density at radius 2 is 2.00 bits per heavy atom. The molecule has 0 saturated carbocycles. The summed E-state index contributed by atoms with van der Waals surface area (Å²) < 4.78 is 7.75. The fourth-order valence-electron chi connectivity index (χ4n) is 3.14. The van der Waals surface area contributed by atoms with Crippen molar-refractivity contribution in [2.45, 2.75) is 6.61 Å². The molecule has 0 aliphatic carbocycles. The Morgan fingerprint density at radius 1 is 1.10 bits per heavy atom. The molecule has 3 heterocycles. The summed E-state index contributed by atoms with van der Waals surface area (Å²) in [4.78, 5) is 17.0. The Balaban J connectivity index is 1.23. The summed E-state index contributed by atoms with van der Waals surface area (Å²) in [6, 6.07) is 18.5. The molecular formula is C22H17N5O2. The predicted molar refractivity (Wildman–Crippen MR) is 110 cm³/mol.